The highest BCUT2D eigenvalue weighted by Crippen LogP contribution is 2.22. The third-order valence-corrected chi connectivity index (χ3v) is 4.97. The van der Waals surface area contributed by atoms with Gasteiger partial charge in [-0.15, -0.1) is 0 Å². The topological polar surface area (TPSA) is 93.2 Å². The highest BCUT2D eigenvalue weighted by Gasteiger charge is 2.21. The van der Waals surface area contributed by atoms with Gasteiger partial charge in [-0.1, -0.05) is 57.5 Å². The molecule has 0 saturated heterocycles. The number of anilines is 1. The fourth-order valence-corrected chi connectivity index (χ4v) is 3.28. The lowest BCUT2D eigenvalue weighted by molar-refractivity contribution is -0.126. The zero-order chi connectivity index (χ0) is 23.6. The fourth-order valence-electron chi connectivity index (χ4n) is 3.28. The summed E-state index contributed by atoms with van der Waals surface area (Å²) in [6.45, 7) is 6.01. The highest BCUT2D eigenvalue weighted by atomic mass is 16.5. The molecule has 7 heteroatoms. The number of hydrogen-bond acceptors (Lipinski definition) is 5. The molecule has 0 aliphatic heterocycles. The van der Waals surface area contributed by atoms with Crippen LogP contribution in [0.3, 0.4) is 0 Å². The minimum atomic E-state index is -0.669. The Morgan fingerprint density at radius 1 is 1.00 bits per heavy atom. The Morgan fingerprint density at radius 3 is 2.48 bits per heavy atom. The van der Waals surface area contributed by atoms with Gasteiger partial charge >= 0.3 is 0 Å². The normalized spacial score (nSPS) is 11.6. The molecule has 1 unspecified atom stereocenters. The van der Waals surface area contributed by atoms with Crippen LogP contribution in [0.25, 0.3) is 0 Å². The number of carbonyl (C=O) groups is 2. The van der Waals surface area contributed by atoms with Crippen molar-refractivity contribution in [3.05, 3.63) is 78.1 Å². The summed E-state index contributed by atoms with van der Waals surface area (Å²) in [5, 5.41) is 5.58. The van der Waals surface area contributed by atoms with Crippen molar-refractivity contribution in [3.8, 4) is 11.5 Å². The SMILES string of the molecule is CCCC(NC(=O)Cc1cccc(Oc2ccccc2)c1)C(=O)Nc1nccc(C(C)C)n1. The van der Waals surface area contributed by atoms with Crippen LogP contribution in [-0.2, 0) is 16.0 Å². The molecule has 1 heterocycles. The van der Waals surface area contributed by atoms with Gasteiger partial charge in [-0.05, 0) is 48.2 Å². The van der Waals surface area contributed by atoms with Gasteiger partial charge in [0.15, 0.2) is 0 Å². The summed E-state index contributed by atoms with van der Waals surface area (Å²) < 4.78 is 5.84. The molecule has 33 heavy (non-hydrogen) atoms. The first kappa shape index (κ1) is 23.9. The van der Waals surface area contributed by atoms with E-state index in [1.54, 1.807) is 6.20 Å². The molecule has 2 amide bonds. The van der Waals surface area contributed by atoms with E-state index in [9.17, 15) is 9.59 Å². The quantitative estimate of drug-likeness (QED) is 0.464. The van der Waals surface area contributed by atoms with Crippen LogP contribution in [0, 0.1) is 0 Å². The van der Waals surface area contributed by atoms with E-state index in [4.69, 9.17) is 4.74 Å². The largest absolute Gasteiger partial charge is 0.457 e. The lowest BCUT2D eigenvalue weighted by atomic mass is 10.1. The van der Waals surface area contributed by atoms with E-state index in [0.717, 1.165) is 23.4 Å². The van der Waals surface area contributed by atoms with E-state index in [0.29, 0.717) is 12.2 Å². The standard InChI is InChI=1S/C26H30N4O3/c1-4-9-23(25(32)30-26-27-15-14-22(29-26)18(2)3)28-24(31)17-19-10-8-13-21(16-19)33-20-11-6-5-7-12-20/h5-8,10-16,18,23H,4,9,17H2,1-3H3,(H,28,31)(H,27,29,30,32). The lowest BCUT2D eigenvalue weighted by Gasteiger charge is -2.18. The minimum absolute atomic E-state index is 0.138. The molecule has 2 aromatic carbocycles. The summed E-state index contributed by atoms with van der Waals surface area (Å²) in [5.41, 5.74) is 1.64. The summed E-state index contributed by atoms with van der Waals surface area (Å²) in [4.78, 5) is 34.0. The van der Waals surface area contributed by atoms with Crippen molar-refractivity contribution in [3.63, 3.8) is 0 Å². The first-order valence-electron chi connectivity index (χ1n) is 11.2. The molecule has 7 nitrogen and oxygen atoms in total. The molecule has 0 aliphatic rings. The highest BCUT2D eigenvalue weighted by molar-refractivity contribution is 5.96. The maximum Gasteiger partial charge on any atom is 0.249 e. The molecule has 0 saturated carbocycles. The summed E-state index contributed by atoms with van der Waals surface area (Å²) >= 11 is 0. The van der Waals surface area contributed by atoms with Crippen LogP contribution >= 0.6 is 0 Å². The van der Waals surface area contributed by atoms with E-state index in [1.165, 1.54) is 0 Å². The van der Waals surface area contributed by atoms with E-state index < -0.39 is 6.04 Å². The molecule has 0 spiro atoms. The zero-order valence-electron chi connectivity index (χ0n) is 19.2. The zero-order valence-corrected chi connectivity index (χ0v) is 19.2. The van der Waals surface area contributed by atoms with Crippen molar-refractivity contribution < 1.29 is 14.3 Å². The average Bonchev–Trinajstić information content (AvgIpc) is 2.80. The van der Waals surface area contributed by atoms with Crippen LogP contribution in [0.2, 0.25) is 0 Å². The first-order chi connectivity index (χ1) is 15.9. The molecule has 172 valence electrons. The van der Waals surface area contributed by atoms with Crippen LogP contribution in [-0.4, -0.2) is 27.8 Å². The third kappa shape index (κ3) is 7.42. The minimum Gasteiger partial charge on any atom is -0.457 e. The summed E-state index contributed by atoms with van der Waals surface area (Å²) in [6.07, 6.45) is 3.01. The number of benzene rings is 2. The molecule has 3 rings (SSSR count). The molecular formula is C26H30N4O3. The van der Waals surface area contributed by atoms with Gasteiger partial charge in [0, 0.05) is 11.9 Å². The Bertz CT molecular complexity index is 1070. The fraction of sp³-hybridized carbons (Fsp3) is 0.308. The van der Waals surface area contributed by atoms with Crippen molar-refractivity contribution in [2.75, 3.05) is 5.32 Å². The van der Waals surface area contributed by atoms with E-state index >= 15 is 0 Å². The van der Waals surface area contributed by atoms with Crippen LogP contribution in [0.5, 0.6) is 11.5 Å². The van der Waals surface area contributed by atoms with E-state index in [1.807, 2.05) is 81.4 Å². The molecule has 0 bridgehead atoms. The average molecular weight is 447 g/mol. The summed E-state index contributed by atoms with van der Waals surface area (Å²) in [6, 6.07) is 18.0. The number of nitrogens with one attached hydrogen (secondary N) is 2. The van der Waals surface area contributed by atoms with Gasteiger partial charge in [-0.2, -0.15) is 0 Å². The number of para-hydroxylation sites is 1. The van der Waals surface area contributed by atoms with Gasteiger partial charge in [-0.3, -0.25) is 14.9 Å². The Morgan fingerprint density at radius 2 is 1.76 bits per heavy atom. The molecule has 0 fully saturated rings. The molecule has 1 atom stereocenters. The lowest BCUT2D eigenvalue weighted by Crippen LogP contribution is -2.44. The number of aromatic nitrogens is 2. The van der Waals surface area contributed by atoms with Crippen LogP contribution in [0.4, 0.5) is 5.95 Å². The molecule has 0 radical (unpaired) electrons. The summed E-state index contributed by atoms with van der Waals surface area (Å²) in [5.74, 6) is 1.27. The number of hydrogen-bond donors (Lipinski definition) is 2. The van der Waals surface area contributed by atoms with Gasteiger partial charge in [0.1, 0.15) is 17.5 Å². The first-order valence-corrected chi connectivity index (χ1v) is 11.2. The smallest absolute Gasteiger partial charge is 0.249 e. The summed E-state index contributed by atoms with van der Waals surface area (Å²) in [7, 11) is 0. The van der Waals surface area contributed by atoms with Crippen molar-refractivity contribution >= 4 is 17.8 Å². The molecule has 3 aromatic rings. The van der Waals surface area contributed by atoms with E-state index in [2.05, 4.69) is 20.6 Å². The maximum absolute atomic E-state index is 12.8. The molecule has 2 N–H and O–H groups in total. The molecule has 1 aromatic heterocycles. The van der Waals surface area contributed by atoms with Crippen LogP contribution in [0.1, 0.15) is 50.8 Å². The van der Waals surface area contributed by atoms with Crippen molar-refractivity contribution in [1.29, 1.82) is 0 Å². The van der Waals surface area contributed by atoms with E-state index in [-0.39, 0.29) is 30.1 Å². The van der Waals surface area contributed by atoms with Crippen molar-refractivity contribution in [2.24, 2.45) is 0 Å². The third-order valence-electron chi connectivity index (χ3n) is 4.97. The van der Waals surface area contributed by atoms with Gasteiger partial charge in [-0.25, -0.2) is 9.97 Å². The van der Waals surface area contributed by atoms with Crippen LogP contribution in [0.15, 0.2) is 66.9 Å². The Kier molecular flexibility index (Phi) is 8.52. The second-order valence-electron chi connectivity index (χ2n) is 8.10. The Balaban J connectivity index is 1.61. The Hall–Kier alpha value is -3.74. The van der Waals surface area contributed by atoms with Crippen molar-refractivity contribution in [1.82, 2.24) is 15.3 Å². The van der Waals surface area contributed by atoms with Crippen molar-refractivity contribution in [2.45, 2.75) is 52.0 Å². The van der Waals surface area contributed by atoms with Gasteiger partial charge in [0.25, 0.3) is 0 Å². The predicted octanol–water partition coefficient (Wildman–Crippen LogP) is 4.86. The van der Waals surface area contributed by atoms with Crippen LogP contribution < -0.4 is 15.4 Å². The second kappa shape index (κ2) is 11.8. The molecule has 0 aliphatic carbocycles. The van der Waals surface area contributed by atoms with Gasteiger partial charge in [0.05, 0.1) is 6.42 Å². The number of nitrogens with zero attached hydrogens (tertiary/aromatic N) is 2. The molecular weight excluding hydrogens is 416 g/mol. The number of ether oxygens (including phenoxy) is 1. The number of amides is 2. The van der Waals surface area contributed by atoms with Gasteiger partial charge < -0.3 is 10.1 Å². The number of rotatable bonds is 10. The van der Waals surface area contributed by atoms with Gasteiger partial charge in [0.2, 0.25) is 17.8 Å². The second-order valence-corrected chi connectivity index (χ2v) is 8.10. The predicted molar refractivity (Wildman–Crippen MR) is 128 cm³/mol. The monoisotopic (exact) mass is 446 g/mol. The number of carbonyl (C=O) groups excluding carboxylic acids is 2. The maximum atomic E-state index is 12.8. The Labute approximate surface area is 194 Å².